The Balaban J connectivity index is 2.27. The van der Waals surface area contributed by atoms with Gasteiger partial charge in [0.2, 0.25) is 0 Å². The molecule has 0 aliphatic heterocycles. The van der Waals surface area contributed by atoms with E-state index in [1.54, 1.807) is 6.07 Å². The standard InChI is InChI=1S/C15H18Cl2N2O/c1-4-19-13(15(17)10(3)18-19)8-14(20)11-5-6-12(16)9(2)7-11/h5-7,14,20H,4,8H2,1-3H3. The molecule has 1 atom stereocenters. The van der Waals surface area contributed by atoms with Gasteiger partial charge in [0.05, 0.1) is 22.5 Å². The SMILES string of the molecule is CCn1nc(C)c(Cl)c1CC(O)c1ccc(Cl)c(C)c1. The molecule has 20 heavy (non-hydrogen) atoms. The summed E-state index contributed by atoms with van der Waals surface area (Å²) in [7, 11) is 0. The van der Waals surface area contributed by atoms with Crippen molar-refractivity contribution in [2.24, 2.45) is 0 Å². The first kappa shape index (κ1) is 15.4. The molecule has 0 saturated carbocycles. The fraction of sp³-hybridized carbons (Fsp3) is 0.400. The monoisotopic (exact) mass is 312 g/mol. The highest BCUT2D eigenvalue weighted by Crippen LogP contribution is 2.27. The summed E-state index contributed by atoms with van der Waals surface area (Å²) in [6.45, 7) is 6.53. The predicted molar refractivity (Wildman–Crippen MR) is 82.5 cm³/mol. The van der Waals surface area contributed by atoms with E-state index in [0.717, 1.165) is 29.1 Å². The summed E-state index contributed by atoms with van der Waals surface area (Å²) in [6, 6.07) is 5.55. The molecule has 5 heteroatoms. The molecule has 0 bridgehead atoms. The van der Waals surface area contributed by atoms with Gasteiger partial charge in [-0.1, -0.05) is 35.3 Å². The fourth-order valence-corrected chi connectivity index (χ4v) is 2.57. The van der Waals surface area contributed by atoms with Gasteiger partial charge in [0.1, 0.15) is 0 Å². The summed E-state index contributed by atoms with van der Waals surface area (Å²) in [4.78, 5) is 0. The number of hydrogen-bond acceptors (Lipinski definition) is 2. The average Bonchev–Trinajstić information content (AvgIpc) is 2.69. The van der Waals surface area contributed by atoms with E-state index in [9.17, 15) is 5.11 Å². The molecule has 1 aromatic carbocycles. The van der Waals surface area contributed by atoms with Crippen LogP contribution in [0.5, 0.6) is 0 Å². The van der Waals surface area contributed by atoms with Crippen LogP contribution in [-0.4, -0.2) is 14.9 Å². The predicted octanol–water partition coefficient (Wildman–Crippen LogP) is 4.10. The maximum absolute atomic E-state index is 10.4. The van der Waals surface area contributed by atoms with Crippen LogP contribution in [0.2, 0.25) is 10.0 Å². The molecule has 0 amide bonds. The van der Waals surface area contributed by atoms with E-state index in [1.807, 2.05) is 37.6 Å². The van der Waals surface area contributed by atoms with Crippen molar-refractivity contribution in [1.29, 1.82) is 0 Å². The highest BCUT2D eigenvalue weighted by molar-refractivity contribution is 6.32. The van der Waals surface area contributed by atoms with Crippen molar-refractivity contribution in [3.05, 3.63) is 50.8 Å². The van der Waals surface area contributed by atoms with Crippen molar-refractivity contribution >= 4 is 23.2 Å². The minimum atomic E-state index is -0.620. The van der Waals surface area contributed by atoms with Gasteiger partial charge in [0.15, 0.2) is 0 Å². The first-order valence-electron chi connectivity index (χ1n) is 6.60. The van der Waals surface area contributed by atoms with E-state index >= 15 is 0 Å². The Hall–Kier alpha value is -1.03. The zero-order chi connectivity index (χ0) is 14.9. The Morgan fingerprint density at radius 1 is 1.30 bits per heavy atom. The maximum Gasteiger partial charge on any atom is 0.0848 e. The molecule has 0 aliphatic rings. The molecular weight excluding hydrogens is 295 g/mol. The first-order chi connectivity index (χ1) is 9.43. The Kier molecular flexibility index (Phi) is 4.74. The van der Waals surface area contributed by atoms with Crippen LogP contribution < -0.4 is 0 Å². The molecule has 0 saturated heterocycles. The summed E-state index contributed by atoms with van der Waals surface area (Å²) in [5.74, 6) is 0. The lowest BCUT2D eigenvalue weighted by molar-refractivity contribution is 0.175. The third-order valence-corrected chi connectivity index (χ3v) is 4.32. The molecule has 3 nitrogen and oxygen atoms in total. The number of hydrogen-bond donors (Lipinski definition) is 1. The van der Waals surface area contributed by atoms with Crippen LogP contribution in [0.1, 0.15) is 35.5 Å². The highest BCUT2D eigenvalue weighted by Gasteiger charge is 2.18. The van der Waals surface area contributed by atoms with Crippen LogP contribution in [0, 0.1) is 13.8 Å². The Morgan fingerprint density at radius 3 is 2.60 bits per heavy atom. The lowest BCUT2D eigenvalue weighted by Crippen LogP contribution is -2.09. The van der Waals surface area contributed by atoms with Gasteiger partial charge in [-0.25, -0.2) is 0 Å². The van der Waals surface area contributed by atoms with Crippen LogP contribution in [0.4, 0.5) is 0 Å². The number of nitrogens with zero attached hydrogens (tertiary/aromatic N) is 2. The summed E-state index contributed by atoms with van der Waals surface area (Å²) < 4.78 is 1.84. The molecule has 0 spiro atoms. The van der Waals surface area contributed by atoms with E-state index < -0.39 is 6.10 Å². The van der Waals surface area contributed by atoms with Crippen molar-refractivity contribution < 1.29 is 5.11 Å². The Bertz CT molecular complexity index is 623. The number of benzene rings is 1. The Morgan fingerprint density at radius 2 is 2.00 bits per heavy atom. The van der Waals surface area contributed by atoms with E-state index in [1.165, 1.54) is 0 Å². The van der Waals surface area contributed by atoms with Gasteiger partial charge in [0, 0.05) is 18.0 Å². The number of aryl methyl sites for hydroxylation is 3. The van der Waals surface area contributed by atoms with Crippen LogP contribution >= 0.6 is 23.2 Å². The fourth-order valence-electron chi connectivity index (χ4n) is 2.24. The van der Waals surface area contributed by atoms with Gasteiger partial charge in [-0.3, -0.25) is 4.68 Å². The molecule has 1 N–H and O–H groups in total. The minimum absolute atomic E-state index is 0.439. The summed E-state index contributed by atoms with van der Waals surface area (Å²) in [5, 5.41) is 16.1. The summed E-state index contributed by atoms with van der Waals surface area (Å²) in [5.41, 5.74) is 3.45. The quantitative estimate of drug-likeness (QED) is 0.922. The van der Waals surface area contributed by atoms with Crippen molar-refractivity contribution in [2.75, 3.05) is 0 Å². The molecule has 0 aliphatic carbocycles. The third kappa shape index (κ3) is 3.00. The van der Waals surface area contributed by atoms with Crippen molar-refractivity contribution in [3.8, 4) is 0 Å². The molecule has 1 heterocycles. The third-order valence-electron chi connectivity index (χ3n) is 3.41. The van der Waals surface area contributed by atoms with Gasteiger partial charge in [-0.15, -0.1) is 0 Å². The van der Waals surface area contributed by atoms with Crippen LogP contribution in [0.25, 0.3) is 0 Å². The lowest BCUT2D eigenvalue weighted by Gasteiger charge is -2.13. The molecule has 1 unspecified atom stereocenters. The second kappa shape index (κ2) is 6.17. The van der Waals surface area contributed by atoms with Gasteiger partial charge in [-0.05, 0) is 38.0 Å². The first-order valence-corrected chi connectivity index (χ1v) is 7.35. The molecule has 0 radical (unpaired) electrons. The lowest BCUT2D eigenvalue weighted by atomic mass is 10.0. The largest absolute Gasteiger partial charge is 0.388 e. The number of aromatic nitrogens is 2. The number of rotatable bonds is 4. The normalized spacial score (nSPS) is 12.7. The molecule has 0 fully saturated rings. The number of halogens is 2. The van der Waals surface area contributed by atoms with Gasteiger partial charge < -0.3 is 5.11 Å². The van der Waals surface area contributed by atoms with Crippen molar-refractivity contribution in [2.45, 2.75) is 39.8 Å². The molecule has 2 aromatic rings. The van der Waals surface area contributed by atoms with Crippen molar-refractivity contribution in [3.63, 3.8) is 0 Å². The zero-order valence-electron chi connectivity index (χ0n) is 11.8. The second-order valence-electron chi connectivity index (χ2n) is 4.89. The van der Waals surface area contributed by atoms with Crippen LogP contribution in [-0.2, 0) is 13.0 Å². The van der Waals surface area contributed by atoms with E-state index in [-0.39, 0.29) is 0 Å². The summed E-state index contributed by atoms with van der Waals surface area (Å²) in [6.07, 6.45) is -0.181. The van der Waals surface area contributed by atoms with Crippen LogP contribution in [0.3, 0.4) is 0 Å². The number of aliphatic hydroxyl groups excluding tert-OH is 1. The molecule has 1 aromatic heterocycles. The summed E-state index contributed by atoms with van der Waals surface area (Å²) >= 11 is 12.3. The van der Waals surface area contributed by atoms with E-state index in [2.05, 4.69) is 5.10 Å². The van der Waals surface area contributed by atoms with Crippen molar-refractivity contribution in [1.82, 2.24) is 9.78 Å². The molecule has 108 valence electrons. The zero-order valence-corrected chi connectivity index (χ0v) is 13.3. The van der Waals surface area contributed by atoms with Crippen LogP contribution in [0.15, 0.2) is 18.2 Å². The smallest absolute Gasteiger partial charge is 0.0848 e. The average molecular weight is 313 g/mol. The topological polar surface area (TPSA) is 38.0 Å². The van der Waals surface area contributed by atoms with Gasteiger partial charge in [0.25, 0.3) is 0 Å². The Labute approximate surface area is 129 Å². The van der Waals surface area contributed by atoms with Gasteiger partial charge >= 0.3 is 0 Å². The van der Waals surface area contributed by atoms with E-state index in [0.29, 0.717) is 16.5 Å². The minimum Gasteiger partial charge on any atom is -0.388 e. The number of aliphatic hydroxyl groups is 1. The second-order valence-corrected chi connectivity index (χ2v) is 5.68. The molecule has 2 rings (SSSR count). The van der Waals surface area contributed by atoms with Gasteiger partial charge in [-0.2, -0.15) is 5.10 Å². The highest BCUT2D eigenvalue weighted by atomic mass is 35.5. The van der Waals surface area contributed by atoms with E-state index in [4.69, 9.17) is 23.2 Å². The molecular formula is C15H18Cl2N2O. The maximum atomic E-state index is 10.4.